The Morgan fingerprint density at radius 2 is 1.90 bits per heavy atom. The Labute approximate surface area is 126 Å². The summed E-state index contributed by atoms with van der Waals surface area (Å²) in [5.74, 6) is -0.797. The topological polar surface area (TPSA) is 68.3 Å². The highest BCUT2D eigenvalue weighted by atomic mass is 35.5. The van der Waals surface area contributed by atoms with Crippen molar-refractivity contribution < 1.29 is 14.3 Å². The number of halogens is 1. The van der Waals surface area contributed by atoms with Crippen LogP contribution in [0, 0.1) is 0 Å². The maximum Gasteiger partial charge on any atom is 0.338 e. The molecule has 5 nitrogen and oxygen atoms in total. The highest BCUT2D eigenvalue weighted by Gasteiger charge is 2.12. The number of nitrogens with one attached hydrogen (secondary N) is 1. The smallest absolute Gasteiger partial charge is 0.338 e. The Bertz CT molecular complexity index is 659. The van der Waals surface area contributed by atoms with Gasteiger partial charge >= 0.3 is 5.97 Å². The zero-order valence-corrected chi connectivity index (χ0v) is 12.1. The van der Waals surface area contributed by atoms with E-state index in [1.165, 1.54) is 24.5 Å². The fourth-order valence-corrected chi connectivity index (χ4v) is 1.83. The molecule has 0 aliphatic heterocycles. The normalized spacial score (nSPS) is 10.0. The third-order valence-electron chi connectivity index (χ3n) is 2.67. The van der Waals surface area contributed by atoms with Gasteiger partial charge in [-0.25, -0.2) is 4.79 Å². The van der Waals surface area contributed by atoms with Crippen molar-refractivity contribution in [1.82, 2.24) is 4.98 Å². The van der Waals surface area contributed by atoms with Crippen LogP contribution in [0.3, 0.4) is 0 Å². The quantitative estimate of drug-likeness (QED) is 0.881. The summed E-state index contributed by atoms with van der Waals surface area (Å²) in [5, 5.41) is 3.00. The summed E-state index contributed by atoms with van der Waals surface area (Å²) < 4.78 is 4.91. The Balaban J connectivity index is 2.21. The second-order valence-electron chi connectivity index (χ2n) is 4.11. The number of benzene rings is 1. The molecule has 1 amide bonds. The van der Waals surface area contributed by atoms with E-state index in [-0.39, 0.29) is 12.5 Å². The molecule has 1 N–H and O–H groups in total. The first-order valence-corrected chi connectivity index (χ1v) is 6.67. The molecule has 0 radical (unpaired) electrons. The predicted molar refractivity (Wildman–Crippen MR) is 79.6 cm³/mol. The second-order valence-corrected chi connectivity index (χ2v) is 4.51. The molecule has 2 rings (SSSR count). The van der Waals surface area contributed by atoms with Gasteiger partial charge in [-0.05, 0) is 37.3 Å². The number of hydrogen-bond donors (Lipinski definition) is 1. The van der Waals surface area contributed by atoms with Gasteiger partial charge in [-0.3, -0.25) is 9.78 Å². The number of anilines is 1. The van der Waals surface area contributed by atoms with Crippen molar-refractivity contribution in [2.45, 2.75) is 6.92 Å². The second kappa shape index (κ2) is 6.85. The largest absolute Gasteiger partial charge is 0.462 e. The van der Waals surface area contributed by atoms with Crippen LogP contribution >= 0.6 is 11.6 Å². The van der Waals surface area contributed by atoms with Gasteiger partial charge < -0.3 is 10.1 Å². The van der Waals surface area contributed by atoms with Crippen LogP contribution in [0.2, 0.25) is 5.02 Å². The first kappa shape index (κ1) is 15.0. The summed E-state index contributed by atoms with van der Waals surface area (Å²) in [6.07, 6.45) is 3.04. The van der Waals surface area contributed by atoms with Crippen molar-refractivity contribution in [3.8, 4) is 0 Å². The number of ether oxygens (including phenoxy) is 1. The van der Waals surface area contributed by atoms with Gasteiger partial charge in [-0.15, -0.1) is 0 Å². The van der Waals surface area contributed by atoms with Crippen LogP contribution < -0.4 is 5.32 Å². The molecule has 1 aromatic heterocycles. The lowest BCUT2D eigenvalue weighted by atomic mass is 10.2. The highest BCUT2D eigenvalue weighted by molar-refractivity contribution is 6.34. The molecule has 0 aliphatic carbocycles. The summed E-state index contributed by atoms with van der Waals surface area (Å²) >= 11 is 6.03. The van der Waals surface area contributed by atoms with Gasteiger partial charge in [-0.1, -0.05) is 11.6 Å². The van der Waals surface area contributed by atoms with Crippen LogP contribution in [0.5, 0.6) is 0 Å². The molecule has 0 fully saturated rings. The van der Waals surface area contributed by atoms with Crippen LogP contribution in [0.15, 0.2) is 42.7 Å². The molecule has 0 bridgehead atoms. The van der Waals surface area contributed by atoms with Crippen molar-refractivity contribution in [1.29, 1.82) is 0 Å². The summed E-state index contributed by atoms with van der Waals surface area (Å²) in [5.41, 5.74) is 1.12. The number of nitrogens with zero attached hydrogens (tertiary/aromatic N) is 1. The molecule has 1 aromatic carbocycles. The van der Waals surface area contributed by atoms with Gasteiger partial charge in [0, 0.05) is 18.0 Å². The Morgan fingerprint density at radius 1 is 1.19 bits per heavy atom. The van der Waals surface area contributed by atoms with Crippen LogP contribution in [0.25, 0.3) is 0 Å². The first-order valence-electron chi connectivity index (χ1n) is 6.30. The van der Waals surface area contributed by atoms with E-state index in [1.54, 1.807) is 25.1 Å². The summed E-state index contributed by atoms with van der Waals surface area (Å²) in [6, 6.07) is 7.73. The van der Waals surface area contributed by atoms with Gasteiger partial charge in [0.05, 0.1) is 22.9 Å². The summed E-state index contributed by atoms with van der Waals surface area (Å²) in [6.45, 7) is 2.00. The maximum absolute atomic E-state index is 12.1. The van der Waals surface area contributed by atoms with Gasteiger partial charge in [0.15, 0.2) is 0 Å². The zero-order chi connectivity index (χ0) is 15.2. The highest BCUT2D eigenvalue weighted by Crippen LogP contribution is 2.24. The molecule has 0 atom stereocenters. The van der Waals surface area contributed by atoms with Crippen LogP contribution in [0.1, 0.15) is 27.6 Å². The molecular formula is C15H13ClN2O3. The number of hydrogen-bond acceptors (Lipinski definition) is 4. The minimum Gasteiger partial charge on any atom is -0.462 e. The standard InChI is InChI=1S/C15H13ClN2O3/c1-2-21-15(20)11-3-4-12(16)13(9-11)18-14(19)10-5-7-17-8-6-10/h3-9H,2H2,1H3,(H,18,19). The fraction of sp³-hybridized carbons (Fsp3) is 0.133. The van der Waals surface area contributed by atoms with E-state index >= 15 is 0 Å². The van der Waals surface area contributed by atoms with Crippen molar-refractivity contribution in [2.75, 3.05) is 11.9 Å². The van der Waals surface area contributed by atoms with E-state index in [2.05, 4.69) is 10.3 Å². The molecule has 6 heteroatoms. The first-order chi connectivity index (χ1) is 10.1. The molecule has 108 valence electrons. The van der Waals surface area contributed by atoms with Crippen molar-refractivity contribution >= 4 is 29.2 Å². The Hall–Kier alpha value is -2.40. The minimum atomic E-state index is -0.464. The average molecular weight is 305 g/mol. The number of amides is 1. The number of esters is 1. The summed E-state index contributed by atoms with van der Waals surface area (Å²) in [4.78, 5) is 27.6. The predicted octanol–water partition coefficient (Wildman–Crippen LogP) is 3.16. The monoisotopic (exact) mass is 304 g/mol. The molecule has 0 unspecified atom stereocenters. The maximum atomic E-state index is 12.1. The minimum absolute atomic E-state index is 0.278. The lowest BCUT2D eigenvalue weighted by Gasteiger charge is -2.09. The number of aromatic nitrogens is 1. The fourth-order valence-electron chi connectivity index (χ4n) is 1.66. The van der Waals surface area contributed by atoms with E-state index < -0.39 is 5.97 Å². The van der Waals surface area contributed by atoms with Crippen molar-refractivity contribution in [2.24, 2.45) is 0 Å². The van der Waals surface area contributed by atoms with E-state index in [1.807, 2.05) is 0 Å². The Morgan fingerprint density at radius 3 is 2.57 bits per heavy atom. The molecular weight excluding hydrogens is 292 g/mol. The SMILES string of the molecule is CCOC(=O)c1ccc(Cl)c(NC(=O)c2ccncc2)c1. The number of carbonyl (C=O) groups excluding carboxylic acids is 2. The van der Waals surface area contributed by atoms with E-state index in [4.69, 9.17) is 16.3 Å². The zero-order valence-electron chi connectivity index (χ0n) is 11.3. The summed E-state index contributed by atoms with van der Waals surface area (Å²) in [7, 11) is 0. The molecule has 0 spiro atoms. The number of rotatable bonds is 4. The molecule has 0 saturated carbocycles. The van der Waals surface area contributed by atoms with Gasteiger partial charge in [0.2, 0.25) is 0 Å². The van der Waals surface area contributed by atoms with E-state index in [0.29, 0.717) is 21.8 Å². The van der Waals surface area contributed by atoms with Gasteiger partial charge in [-0.2, -0.15) is 0 Å². The number of pyridine rings is 1. The molecule has 2 aromatic rings. The van der Waals surface area contributed by atoms with E-state index in [0.717, 1.165) is 0 Å². The number of carbonyl (C=O) groups is 2. The molecule has 0 saturated heterocycles. The van der Waals surface area contributed by atoms with Gasteiger partial charge in [0.1, 0.15) is 0 Å². The van der Waals surface area contributed by atoms with Crippen molar-refractivity contribution in [3.05, 3.63) is 58.9 Å². The lowest BCUT2D eigenvalue weighted by Crippen LogP contribution is -2.13. The third kappa shape index (κ3) is 3.79. The van der Waals surface area contributed by atoms with Crippen molar-refractivity contribution in [3.63, 3.8) is 0 Å². The third-order valence-corrected chi connectivity index (χ3v) is 3.00. The van der Waals surface area contributed by atoms with Gasteiger partial charge in [0.25, 0.3) is 5.91 Å². The Kier molecular flexibility index (Phi) is 4.90. The molecule has 0 aliphatic rings. The lowest BCUT2D eigenvalue weighted by molar-refractivity contribution is 0.0526. The molecule has 21 heavy (non-hydrogen) atoms. The van der Waals surface area contributed by atoms with Crippen LogP contribution in [0.4, 0.5) is 5.69 Å². The van der Waals surface area contributed by atoms with Crippen LogP contribution in [-0.2, 0) is 4.74 Å². The van der Waals surface area contributed by atoms with Crippen LogP contribution in [-0.4, -0.2) is 23.5 Å². The van der Waals surface area contributed by atoms with E-state index in [9.17, 15) is 9.59 Å². The average Bonchev–Trinajstić information content (AvgIpc) is 2.50. The molecule has 1 heterocycles.